The van der Waals surface area contributed by atoms with Gasteiger partial charge in [-0.15, -0.1) is 0 Å². The molecular weight excluding hydrogens is 536 g/mol. The van der Waals surface area contributed by atoms with Crippen LogP contribution in [-0.4, -0.2) is 58.5 Å². The first-order valence-corrected chi connectivity index (χ1v) is 12.7. The second-order valence-corrected chi connectivity index (χ2v) is 11.1. The van der Waals surface area contributed by atoms with E-state index in [1.165, 1.54) is 0 Å². The van der Waals surface area contributed by atoms with Gasteiger partial charge in [-0.1, -0.05) is 0 Å². The summed E-state index contributed by atoms with van der Waals surface area (Å²) in [6.07, 6.45) is -4.49. The highest BCUT2D eigenvalue weighted by molar-refractivity contribution is 7.71. The van der Waals surface area contributed by atoms with Gasteiger partial charge in [-0.3, -0.25) is 9.09 Å². The Kier molecular flexibility index (Phi) is 7.53. The van der Waals surface area contributed by atoms with Gasteiger partial charge in [-0.2, -0.15) is 13.6 Å². The molecule has 6 atom stereocenters. The lowest BCUT2D eigenvalue weighted by Crippen LogP contribution is -2.46. The van der Waals surface area contributed by atoms with Crippen molar-refractivity contribution in [3.05, 3.63) is 16.8 Å². The Morgan fingerprint density at radius 1 is 1.25 bits per heavy atom. The van der Waals surface area contributed by atoms with E-state index < -0.39 is 70.3 Å². The maximum Gasteiger partial charge on any atom is 0.490 e. The number of phosphoric ester groups is 1. The lowest BCUT2D eigenvalue weighted by atomic mass is 9.97. The van der Waals surface area contributed by atoms with Gasteiger partial charge >= 0.3 is 23.5 Å². The molecule has 0 amide bonds. The number of aliphatic hydroxyl groups is 1. The number of nitrogens with zero attached hydrogens (tertiary/aromatic N) is 2. The highest BCUT2D eigenvalue weighted by Gasteiger charge is 2.65. The Morgan fingerprint density at radius 2 is 1.81 bits per heavy atom. The molecule has 0 aliphatic carbocycles. The Bertz CT molecular complexity index is 1100. The molecule has 2 heterocycles. The fourth-order valence-electron chi connectivity index (χ4n) is 2.46. The Balaban J connectivity index is 2.25. The van der Waals surface area contributed by atoms with Crippen LogP contribution in [-0.2, 0) is 31.6 Å². The monoisotopic (exact) mass is 551 g/mol. The molecule has 1 fully saturated rings. The number of alkyl halides is 2. The van der Waals surface area contributed by atoms with Crippen molar-refractivity contribution in [1.29, 1.82) is 0 Å². The van der Waals surface area contributed by atoms with Crippen LogP contribution < -0.4 is 5.73 Å². The quantitative estimate of drug-likeness (QED) is 0.195. The molecule has 1 saturated heterocycles. The molecule has 0 aromatic carbocycles. The van der Waals surface area contributed by atoms with Gasteiger partial charge in [0.1, 0.15) is 6.61 Å². The van der Waals surface area contributed by atoms with Crippen molar-refractivity contribution in [2.24, 2.45) is 0 Å². The number of rotatable bonds is 8. The highest BCUT2D eigenvalue weighted by atomic mass is 32.1. The van der Waals surface area contributed by atoms with Crippen LogP contribution in [0, 0.1) is 10.6 Å². The van der Waals surface area contributed by atoms with Crippen molar-refractivity contribution in [2.75, 3.05) is 12.3 Å². The van der Waals surface area contributed by atoms with Crippen molar-refractivity contribution in [2.45, 2.75) is 30.8 Å². The maximum absolute atomic E-state index is 15.1. The fourth-order valence-corrected chi connectivity index (χ4v) is 5.74. The van der Waals surface area contributed by atoms with E-state index in [9.17, 15) is 28.1 Å². The van der Waals surface area contributed by atoms with Crippen molar-refractivity contribution in [3.8, 4) is 0 Å². The predicted molar refractivity (Wildman–Crippen MR) is 96.7 cm³/mol. The largest absolute Gasteiger partial charge is 0.490 e. The van der Waals surface area contributed by atoms with E-state index in [1.807, 2.05) is 0 Å². The molecule has 32 heavy (non-hydrogen) atoms. The van der Waals surface area contributed by atoms with Crippen LogP contribution in [0.3, 0.4) is 0 Å². The Hall–Kier alpha value is -0.780. The molecule has 7 N–H and O–H groups in total. The standard InChI is InChI=1S/C10H15F3N3O12P3S/c1-9(12)6(17)10(13,26-7(9)16-2-4(11)5(14)15-8(16)32)3-25-30(21,22)28-31(23,24)27-29(18,19)20/h2,6-7,17H,3H2,1H3,(H,21,22)(H,23,24)(H2,14,15,32)(H2,18,19,20). The van der Waals surface area contributed by atoms with Crippen molar-refractivity contribution in [1.82, 2.24) is 9.55 Å². The van der Waals surface area contributed by atoms with E-state index in [2.05, 4.69) is 18.1 Å². The summed E-state index contributed by atoms with van der Waals surface area (Å²) in [6.45, 7) is -1.24. The van der Waals surface area contributed by atoms with Crippen LogP contribution in [0.1, 0.15) is 13.2 Å². The van der Waals surface area contributed by atoms with Crippen LogP contribution in [0.15, 0.2) is 6.20 Å². The number of nitrogen functional groups attached to an aromatic ring is 1. The van der Waals surface area contributed by atoms with Crippen molar-refractivity contribution < 1.29 is 69.4 Å². The minimum Gasteiger partial charge on any atom is -0.384 e. The molecule has 1 aliphatic rings. The normalized spacial score (nSPS) is 32.4. The molecule has 1 aliphatic heterocycles. The van der Waals surface area contributed by atoms with Gasteiger partial charge < -0.3 is 35.2 Å². The number of aromatic nitrogens is 2. The van der Waals surface area contributed by atoms with Gasteiger partial charge in [0.05, 0.1) is 0 Å². The average molecular weight is 551 g/mol. The summed E-state index contributed by atoms with van der Waals surface area (Å²) in [4.78, 5) is 38.7. The Morgan fingerprint density at radius 3 is 2.34 bits per heavy atom. The third-order valence-corrected chi connectivity index (χ3v) is 7.85. The van der Waals surface area contributed by atoms with Gasteiger partial charge in [0, 0.05) is 6.20 Å². The number of halogens is 3. The van der Waals surface area contributed by atoms with E-state index in [1.54, 1.807) is 0 Å². The first kappa shape index (κ1) is 27.5. The molecule has 0 radical (unpaired) electrons. The fraction of sp³-hybridized carbons (Fsp3) is 0.600. The molecule has 6 unspecified atom stereocenters. The molecule has 15 nitrogen and oxygen atoms in total. The smallest absolute Gasteiger partial charge is 0.384 e. The molecule has 22 heteroatoms. The van der Waals surface area contributed by atoms with Crippen molar-refractivity contribution in [3.63, 3.8) is 0 Å². The van der Waals surface area contributed by atoms with Crippen LogP contribution in [0.2, 0.25) is 0 Å². The summed E-state index contributed by atoms with van der Waals surface area (Å²) < 4.78 is 92.9. The zero-order valence-corrected chi connectivity index (χ0v) is 18.9. The van der Waals surface area contributed by atoms with Crippen LogP contribution in [0.4, 0.5) is 19.0 Å². The minimum atomic E-state index is -5.92. The lowest BCUT2D eigenvalue weighted by molar-refractivity contribution is -0.204. The number of ether oxygens (including phenoxy) is 1. The van der Waals surface area contributed by atoms with E-state index in [0.717, 1.165) is 0 Å². The number of hydrogen-bond acceptors (Lipinski definition) is 11. The van der Waals surface area contributed by atoms with Crippen molar-refractivity contribution >= 4 is 41.5 Å². The van der Waals surface area contributed by atoms with Gasteiger partial charge in [-0.05, 0) is 19.1 Å². The van der Waals surface area contributed by atoms with E-state index in [-0.39, 0.29) is 0 Å². The topological polar surface area (TPSA) is 233 Å². The minimum absolute atomic E-state index is 0.455. The molecule has 2 rings (SSSR count). The first-order valence-electron chi connectivity index (χ1n) is 7.75. The van der Waals surface area contributed by atoms with Gasteiger partial charge in [0.25, 0.3) is 5.85 Å². The van der Waals surface area contributed by atoms with Crippen LogP contribution in [0.5, 0.6) is 0 Å². The van der Waals surface area contributed by atoms with E-state index in [0.29, 0.717) is 17.7 Å². The van der Waals surface area contributed by atoms with E-state index >= 15 is 8.78 Å². The number of anilines is 1. The second kappa shape index (κ2) is 8.78. The summed E-state index contributed by atoms with van der Waals surface area (Å²) in [5, 5.41) is 10.0. The molecule has 0 spiro atoms. The molecule has 0 saturated carbocycles. The van der Waals surface area contributed by atoms with Gasteiger partial charge in [0.15, 0.2) is 29.6 Å². The summed E-state index contributed by atoms with van der Waals surface area (Å²) in [5.41, 5.74) is 2.11. The zero-order valence-electron chi connectivity index (χ0n) is 15.4. The van der Waals surface area contributed by atoms with Gasteiger partial charge in [0.2, 0.25) is 4.77 Å². The molecule has 1 aromatic heterocycles. The Labute approximate surface area is 181 Å². The van der Waals surface area contributed by atoms with Gasteiger partial charge in [-0.25, -0.2) is 26.9 Å². The average Bonchev–Trinajstić information content (AvgIpc) is 2.74. The number of hydrogen-bond donors (Lipinski definition) is 6. The summed E-state index contributed by atoms with van der Waals surface area (Å²) in [7, 11) is -17.4. The molecular formula is C10H15F3N3O12P3S. The zero-order chi connectivity index (χ0) is 24.9. The molecule has 184 valence electrons. The highest BCUT2D eigenvalue weighted by Crippen LogP contribution is 2.66. The van der Waals surface area contributed by atoms with E-state index in [4.69, 9.17) is 37.4 Å². The number of aliphatic hydroxyl groups excluding tert-OH is 1. The van der Waals surface area contributed by atoms with Crippen LogP contribution >= 0.6 is 35.7 Å². The maximum atomic E-state index is 15.1. The first-order chi connectivity index (χ1) is 14.2. The molecule has 0 bridgehead atoms. The summed E-state index contributed by atoms with van der Waals surface area (Å²) >= 11 is 4.76. The predicted octanol–water partition coefficient (Wildman–Crippen LogP) is 0.961. The number of nitrogens with two attached hydrogens (primary N) is 1. The summed E-state index contributed by atoms with van der Waals surface area (Å²) in [5.74, 6) is -5.55. The lowest BCUT2D eigenvalue weighted by Gasteiger charge is -2.26. The van der Waals surface area contributed by atoms with Crippen LogP contribution in [0.25, 0.3) is 0 Å². The number of phosphoric acid groups is 3. The third kappa shape index (κ3) is 6.21. The molecule has 1 aromatic rings. The summed E-state index contributed by atoms with van der Waals surface area (Å²) in [6, 6.07) is 0. The SMILES string of the molecule is CC1(F)C(n2cc(F)c(N)nc2=S)OC(F)(COP(=O)(O)OP(=O)(O)OP(=O)(O)O)C1O. The second-order valence-electron chi connectivity index (χ2n) is 6.34. The third-order valence-electron chi connectivity index (χ3n) is 3.76.